The number of carbonyl (C=O) groups excluding carboxylic acids is 1. The van der Waals surface area contributed by atoms with Gasteiger partial charge in [-0.05, 0) is 12.8 Å². The van der Waals surface area contributed by atoms with Gasteiger partial charge in [-0.3, -0.25) is 9.59 Å². The van der Waals surface area contributed by atoms with Gasteiger partial charge in [0, 0.05) is 19.5 Å². The zero-order valence-corrected chi connectivity index (χ0v) is 7.12. The van der Waals surface area contributed by atoms with Crippen LogP contribution < -0.4 is 0 Å². The van der Waals surface area contributed by atoms with Gasteiger partial charge >= 0.3 is 5.97 Å². The van der Waals surface area contributed by atoms with Gasteiger partial charge in [-0.1, -0.05) is 0 Å². The number of likely N-dealkylation sites (tertiary alicyclic amines) is 1. The van der Waals surface area contributed by atoms with Gasteiger partial charge in [-0.2, -0.15) is 0 Å². The maximum absolute atomic E-state index is 11.0. The lowest BCUT2D eigenvalue weighted by Crippen LogP contribution is -2.35. The summed E-state index contributed by atoms with van der Waals surface area (Å²) in [4.78, 5) is 23.0. The van der Waals surface area contributed by atoms with E-state index < -0.39 is 5.97 Å². The molecule has 12 heavy (non-hydrogen) atoms. The van der Waals surface area contributed by atoms with Crippen molar-refractivity contribution in [3.63, 3.8) is 0 Å². The lowest BCUT2D eigenvalue weighted by Gasteiger charge is -2.21. The second kappa shape index (κ2) is 3.56. The van der Waals surface area contributed by atoms with Crippen LogP contribution in [0.15, 0.2) is 0 Å². The lowest BCUT2D eigenvalue weighted by atomic mass is 10.1. The molecule has 1 atom stereocenters. The van der Waals surface area contributed by atoms with Crippen LogP contribution in [0.5, 0.6) is 0 Å². The zero-order valence-electron chi connectivity index (χ0n) is 7.12. The molecule has 1 heterocycles. The molecular weight excluding hydrogens is 158 g/mol. The van der Waals surface area contributed by atoms with Gasteiger partial charge in [-0.15, -0.1) is 0 Å². The van der Waals surface area contributed by atoms with Crippen LogP contribution in [-0.4, -0.2) is 34.5 Å². The summed E-state index contributed by atoms with van der Waals surface area (Å²) in [5.74, 6) is -0.841. The van der Waals surface area contributed by atoms with Crippen LogP contribution in [-0.2, 0) is 9.59 Å². The Bertz CT molecular complexity index is 202. The Morgan fingerprint density at radius 2 is 2.25 bits per heavy atom. The quantitative estimate of drug-likeness (QED) is 0.657. The molecule has 68 valence electrons. The van der Waals surface area contributed by atoms with Crippen molar-refractivity contribution in [1.82, 2.24) is 4.90 Å². The molecule has 4 heteroatoms. The average molecular weight is 171 g/mol. The van der Waals surface area contributed by atoms with Gasteiger partial charge in [-0.25, -0.2) is 0 Å². The molecule has 0 spiro atoms. The fraction of sp³-hybridized carbons (Fsp3) is 0.750. The van der Waals surface area contributed by atoms with Crippen molar-refractivity contribution in [1.29, 1.82) is 0 Å². The minimum Gasteiger partial charge on any atom is -0.481 e. The van der Waals surface area contributed by atoms with Gasteiger partial charge in [0.15, 0.2) is 0 Å². The fourth-order valence-electron chi connectivity index (χ4n) is 1.66. The molecule has 0 bridgehead atoms. The third-order valence-electron chi connectivity index (χ3n) is 2.19. The Kier molecular flexibility index (Phi) is 2.68. The topological polar surface area (TPSA) is 57.6 Å². The molecule has 0 saturated carbocycles. The molecule has 0 aromatic heterocycles. The SMILES string of the molecule is CC(=O)N1CCC[C@H]1CC(=O)O. The highest BCUT2D eigenvalue weighted by Crippen LogP contribution is 2.19. The van der Waals surface area contributed by atoms with E-state index in [4.69, 9.17) is 5.11 Å². The lowest BCUT2D eigenvalue weighted by molar-refractivity contribution is -0.139. The highest BCUT2D eigenvalue weighted by Gasteiger charge is 2.27. The van der Waals surface area contributed by atoms with Crippen LogP contribution in [0, 0.1) is 0 Å². The second-order valence-corrected chi connectivity index (χ2v) is 3.11. The van der Waals surface area contributed by atoms with E-state index in [-0.39, 0.29) is 18.4 Å². The summed E-state index contributed by atoms with van der Waals surface area (Å²) in [5.41, 5.74) is 0. The number of rotatable bonds is 2. The molecule has 0 aromatic carbocycles. The number of carboxylic acid groups (broad SMARTS) is 1. The highest BCUT2D eigenvalue weighted by molar-refractivity contribution is 5.75. The molecule has 1 amide bonds. The molecule has 4 nitrogen and oxygen atoms in total. The van der Waals surface area contributed by atoms with Gasteiger partial charge in [0.05, 0.1) is 6.42 Å². The molecule has 1 aliphatic rings. The van der Waals surface area contributed by atoms with E-state index in [0.717, 1.165) is 12.8 Å². The van der Waals surface area contributed by atoms with Crippen molar-refractivity contribution in [2.45, 2.75) is 32.2 Å². The maximum atomic E-state index is 11.0. The van der Waals surface area contributed by atoms with E-state index in [1.54, 1.807) is 4.90 Å². The van der Waals surface area contributed by atoms with Crippen LogP contribution >= 0.6 is 0 Å². The van der Waals surface area contributed by atoms with E-state index in [2.05, 4.69) is 0 Å². The molecule has 0 aromatic rings. The van der Waals surface area contributed by atoms with Crippen molar-refractivity contribution < 1.29 is 14.7 Å². The van der Waals surface area contributed by atoms with Gasteiger partial charge in [0.1, 0.15) is 0 Å². The third kappa shape index (κ3) is 1.96. The second-order valence-electron chi connectivity index (χ2n) is 3.11. The van der Waals surface area contributed by atoms with Crippen LogP contribution in [0.4, 0.5) is 0 Å². The normalized spacial score (nSPS) is 22.8. The van der Waals surface area contributed by atoms with E-state index >= 15 is 0 Å². The summed E-state index contributed by atoms with van der Waals surface area (Å²) in [6.45, 7) is 2.20. The first-order valence-corrected chi connectivity index (χ1v) is 4.10. The van der Waals surface area contributed by atoms with Crippen molar-refractivity contribution in [3.8, 4) is 0 Å². The summed E-state index contributed by atoms with van der Waals surface area (Å²) in [6.07, 6.45) is 1.84. The van der Waals surface area contributed by atoms with E-state index in [1.165, 1.54) is 6.92 Å². The first-order chi connectivity index (χ1) is 5.61. The fourth-order valence-corrected chi connectivity index (χ4v) is 1.66. The van der Waals surface area contributed by atoms with Crippen LogP contribution in [0.25, 0.3) is 0 Å². The molecule has 1 saturated heterocycles. The van der Waals surface area contributed by atoms with Crippen LogP contribution in [0.2, 0.25) is 0 Å². The number of nitrogens with zero attached hydrogens (tertiary/aromatic N) is 1. The molecular formula is C8H13NO3. The van der Waals surface area contributed by atoms with Crippen molar-refractivity contribution in [2.75, 3.05) is 6.54 Å². The van der Waals surface area contributed by atoms with Crippen molar-refractivity contribution in [3.05, 3.63) is 0 Å². The maximum Gasteiger partial charge on any atom is 0.305 e. The Hall–Kier alpha value is -1.06. The van der Waals surface area contributed by atoms with E-state index in [0.29, 0.717) is 6.54 Å². The zero-order chi connectivity index (χ0) is 9.14. The molecule has 1 N–H and O–H groups in total. The first kappa shape index (κ1) is 9.03. The molecule has 0 aliphatic carbocycles. The number of carbonyl (C=O) groups is 2. The summed E-state index contributed by atoms with van der Waals surface area (Å²) in [5, 5.41) is 8.54. The molecule has 1 rings (SSSR count). The van der Waals surface area contributed by atoms with E-state index in [9.17, 15) is 9.59 Å². The van der Waals surface area contributed by atoms with Gasteiger partial charge < -0.3 is 10.0 Å². The minimum atomic E-state index is -0.826. The summed E-state index contributed by atoms with van der Waals surface area (Å²) < 4.78 is 0. The van der Waals surface area contributed by atoms with E-state index in [1.807, 2.05) is 0 Å². The van der Waals surface area contributed by atoms with Crippen molar-refractivity contribution >= 4 is 11.9 Å². The average Bonchev–Trinajstić information content (AvgIpc) is 2.33. The molecule has 0 unspecified atom stereocenters. The number of hydrogen-bond acceptors (Lipinski definition) is 2. The summed E-state index contributed by atoms with van der Waals surface area (Å²) in [6, 6.07) is -0.0694. The van der Waals surface area contributed by atoms with Crippen LogP contribution in [0.3, 0.4) is 0 Å². The van der Waals surface area contributed by atoms with Crippen molar-refractivity contribution in [2.24, 2.45) is 0 Å². The monoisotopic (exact) mass is 171 g/mol. The largest absolute Gasteiger partial charge is 0.481 e. The summed E-state index contributed by atoms with van der Waals surface area (Å²) in [7, 11) is 0. The number of amides is 1. The van der Waals surface area contributed by atoms with Crippen LogP contribution in [0.1, 0.15) is 26.2 Å². The Balaban J connectivity index is 2.52. The first-order valence-electron chi connectivity index (χ1n) is 4.10. The molecule has 0 radical (unpaired) electrons. The minimum absolute atomic E-state index is 0.0150. The smallest absolute Gasteiger partial charge is 0.305 e. The Morgan fingerprint density at radius 3 is 2.75 bits per heavy atom. The molecule has 1 fully saturated rings. The van der Waals surface area contributed by atoms with Gasteiger partial charge in [0.2, 0.25) is 5.91 Å². The van der Waals surface area contributed by atoms with Gasteiger partial charge in [0.25, 0.3) is 0 Å². The Labute approximate surface area is 71.2 Å². The number of carboxylic acids is 1. The standard InChI is InChI=1S/C8H13NO3/c1-6(10)9-4-2-3-7(9)5-8(11)12/h7H,2-5H2,1H3,(H,11,12)/t7-/m0/s1. The predicted molar refractivity (Wildman–Crippen MR) is 42.7 cm³/mol. The Morgan fingerprint density at radius 1 is 1.58 bits per heavy atom. The number of aliphatic carboxylic acids is 1. The highest BCUT2D eigenvalue weighted by atomic mass is 16.4. The third-order valence-corrected chi connectivity index (χ3v) is 2.19. The number of hydrogen-bond donors (Lipinski definition) is 1. The molecule has 1 aliphatic heterocycles. The summed E-state index contributed by atoms with van der Waals surface area (Å²) >= 11 is 0. The predicted octanol–water partition coefficient (Wildman–Crippen LogP) is 0.472.